The maximum Gasteiger partial charge on any atom is 0.236 e. The Morgan fingerprint density at radius 1 is 1.12 bits per heavy atom. The van der Waals surface area contributed by atoms with Gasteiger partial charge in [-0.05, 0) is 36.4 Å². The number of hydrogen-bond donors (Lipinski definition) is 1. The second kappa shape index (κ2) is 7.75. The van der Waals surface area contributed by atoms with E-state index in [0.717, 1.165) is 25.8 Å². The van der Waals surface area contributed by atoms with Gasteiger partial charge in [-0.1, -0.05) is 23.7 Å². The van der Waals surface area contributed by atoms with Gasteiger partial charge in [-0.3, -0.25) is 4.79 Å². The van der Waals surface area contributed by atoms with Crippen LogP contribution in [0.25, 0.3) is 20.9 Å². The van der Waals surface area contributed by atoms with Crippen LogP contribution in [0.4, 0.5) is 5.13 Å². The number of carbonyl (C=O) groups is 1. The summed E-state index contributed by atoms with van der Waals surface area (Å²) < 4.78 is 1.13. The number of amides is 1. The fraction of sp³-hybridized carbons (Fsp3) is 0.0556. The number of hydrogen-bond acceptors (Lipinski definition) is 6. The largest absolute Gasteiger partial charge is 0.301 e. The van der Waals surface area contributed by atoms with Crippen molar-refractivity contribution in [3.05, 3.63) is 58.9 Å². The minimum absolute atomic E-state index is 0.0878. The molecular formula is C18H12ClN3OS3. The van der Waals surface area contributed by atoms with Crippen LogP contribution in [0.5, 0.6) is 0 Å². The van der Waals surface area contributed by atoms with Gasteiger partial charge in [-0.2, -0.15) is 0 Å². The number of para-hydroxylation sites is 1. The van der Waals surface area contributed by atoms with Crippen molar-refractivity contribution >= 4 is 67.3 Å². The molecule has 0 aliphatic rings. The Balaban J connectivity index is 1.39. The molecule has 4 nitrogen and oxygen atoms in total. The third kappa shape index (κ3) is 4.07. The van der Waals surface area contributed by atoms with Crippen LogP contribution in [-0.2, 0) is 4.79 Å². The topological polar surface area (TPSA) is 54.9 Å². The number of rotatable bonds is 5. The van der Waals surface area contributed by atoms with Crippen molar-refractivity contribution in [1.29, 1.82) is 0 Å². The molecule has 130 valence electrons. The highest BCUT2D eigenvalue weighted by molar-refractivity contribution is 8.00. The molecule has 0 aliphatic heterocycles. The van der Waals surface area contributed by atoms with E-state index in [-0.39, 0.29) is 5.91 Å². The van der Waals surface area contributed by atoms with Crippen LogP contribution >= 0.6 is 46.0 Å². The molecule has 0 unspecified atom stereocenters. The average Bonchev–Trinajstić information content (AvgIpc) is 3.27. The van der Waals surface area contributed by atoms with E-state index in [1.165, 1.54) is 23.1 Å². The Morgan fingerprint density at radius 2 is 1.92 bits per heavy atom. The fourth-order valence-electron chi connectivity index (χ4n) is 2.25. The number of halogens is 1. The monoisotopic (exact) mass is 417 g/mol. The van der Waals surface area contributed by atoms with Gasteiger partial charge in [0.15, 0.2) is 5.13 Å². The average molecular weight is 418 g/mol. The van der Waals surface area contributed by atoms with Gasteiger partial charge in [0.2, 0.25) is 5.91 Å². The predicted octanol–water partition coefficient (Wildman–Crippen LogP) is 5.80. The van der Waals surface area contributed by atoms with E-state index in [1.54, 1.807) is 11.3 Å². The Bertz CT molecular complexity index is 1030. The zero-order valence-corrected chi connectivity index (χ0v) is 16.5. The van der Waals surface area contributed by atoms with Gasteiger partial charge in [-0.15, -0.1) is 34.4 Å². The first-order valence-corrected chi connectivity index (χ1v) is 10.7. The van der Waals surface area contributed by atoms with Crippen molar-refractivity contribution in [3.8, 4) is 10.7 Å². The SMILES string of the molecule is O=C(CSc1ccc(Cl)cc1)Nc1nc(-c2nc3ccccc3s2)cs1. The Labute approximate surface area is 167 Å². The highest BCUT2D eigenvalue weighted by Gasteiger charge is 2.12. The van der Waals surface area contributed by atoms with Gasteiger partial charge in [0.25, 0.3) is 0 Å². The summed E-state index contributed by atoms with van der Waals surface area (Å²) in [5.74, 6) is 0.229. The third-order valence-corrected chi connectivity index (χ3v) is 6.53. The summed E-state index contributed by atoms with van der Waals surface area (Å²) in [5.41, 5.74) is 1.75. The fourth-order valence-corrected chi connectivity index (χ4v) is 4.78. The maximum atomic E-state index is 12.1. The molecular weight excluding hydrogens is 406 g/mol. The number of carbonyl (C=O) groups excluding carboxylic acids is 1. The van der Waals surface area contributed by atoms with Crippen molar-refractivity contribution < 1.29 is 4.79 Å². The number of aromatic nitrogens is 2. The predicted molar refractivity (Wildman–Crippen MR) is 112 cm³/mol. The Hall–Kier alpha value is -1.93. The zero-order valence-electron chi connectivity index (χ0n) is 13.3. The summed E-state index contributed by atoms with van der Waals surface area (Å²) in [6.45, 7) is 0. The van der Waals surface area contributed by atoms with Crippen LogP contribution in [0.3, 0.4) is 0 Å². The quantitative estimate of drug-likeness (QED) is 0.416. The summed E-state index contributed by atoms with van der Waals surface area (Å²) in [6.07, 6.45) is 0. The van der Waals surface area contributed by atoms with Gasteiger partial charge in [0.1, 0.15) is 10.7 Å². The highest BCUT2D eigenvalue weighted by Crippen LogP contribution is 2.32. The molecule has 4 aromatic rings. The Morgan fingerprint density at radius 3 is 2.73 bits per heavy atom. The van der Waals surface area contributed by atoms with Gasteiger partial charge < -0.3 is 5.32 Å². The van der Waals surface area contributed by atoms with E-state index in [9.17, 15) is 4.79 Å². The van der Waals surface area contributed by atoms with Crippen LogP contribution < -0.4 is 5.32 Å². The van der Waals surface area contributed by atoms with Crippen molar-refractivity contribution in [2.45, 2.75) is 4.90 Å². The van der Waals surface area contributed by atoms with Crippen molar-refractivity contribution in [2.24, 2.45) is 0 Å². The second-order valence-corrected chi connectivity index (χ2v) is 8.69. The first-order chi connectivity index (χ1) is 12.7. The smallest absolute Gasteiger partial charge is 0.236 e. The summed E-state index contributed by atoms with van der Waals surface area (Å²) in [4.78, 5) is 22.2. The molecule has 0 fully saturated rings. The van der Waals surface area contributed by atoms with Crippen LogP contribution in [-0.4, -0.2) is 21.6 Å². The number of thioether (sulfide) groups is 1. The summed E-state index contributed by atoms with van der Waals surface area (Å²) >= 11 is 10.3. The lowest BCUT2D eigenvalue weighted by molar-refractivity contribution is -0.113. The summed E-state index contributed by atoms with van der Waals surface area (Å²) in [7, 11) is 0. The van der Waals surface area contributed by atoms with Crippen molar-refractivity contribution in [3.63, 3.8) is 0 Å². The summed E-state index contributed by atoms with van der Waals surface area (Å²) in [6, 6.07) is 15.4. The second-order valence-electron chi connectivity index (χ2n) is 5.32. The number of anilines is 1. The van der Waals surface area contributed by atoms with Crippen molar-refractivity contribution in [1.82, 2.24) is 9.97 Å². The first kappa shape index (κ1) is 17.5. The maximum absolute atomic E-state index is 12.1. The third-order valence-electron chi connectivity index (χ3n) is 3.45. The van der Waals surface area contributed by atoms with Crippen molar-refractivity contribution in [2.75, 3.05) is 11.1 Å². The number of thiazole rings is 2. The first-order valence-electron chi connectivity index (χ1n) is 7.67. The standard InChI is InChI=1S/C18H12ClN3OS3/c19-11-5-7-12(8-6-11)24-10-16(23)22-18-21-14(9-25-18)17-20-13-3-1-2-4-15(13)26-17/h1-9H,10H2,(H,21,22,23). The van der Waals surface area contributed by atoms with Crippen LogP contribution in [0.2, 0.25) is 5.02 Å². The highest BCUT2D eigenvalue weighted by atomic mass is 35.5. The van der Waals surface area contributed by atoms with Gasteiger partial charge in [0.05, 0.1) is 16.0 Å². The van der Waals surface area contributed by atoms with Gasteiger partial charge in [-0.25, -0.2) is 9.97 Å². The number of fused-ring (bicyclic) bond motifs is 1. The molecule has 0 spiro atoms. The van der Waals surface area contributed by atoms with Gasteiger partial charge in [0, 0.05) is 15.3 Å². The van der Waals surface area contributed by atoms with Crippen LogP contribution in [0.15, 0.2) is 58.8 Å². The van der Waals surface area contributed by atoms with E-state index in [4.69, 9.17) is 11.6 Å². The van der Waals surface area contributed by atoms with Gasteiger partial charge >= 0.3 is 0 Å². The normalized spacial score (nSPS) is 11.0. The summed E-state index contributed by atoms with van der Waals surface area (Å²) in [5, 5.41) is 6.89. The van der Waals surface area contributed by atoms with E-state index in [1.807, 2.05) is 53.9 Å². The molecule has 0 saturated heterocycles. The molecule has 0 bridgehead atoms. The molecule has 2 heterocycles. The molecule has 26 heavy (non-hydrogen) atoms. The van der Waals surface area contributed by atoms with E-state index in [2.05, 4.69) is 15.3 Å². The molecule has 4 rings (SSSR count). The number of nitrogens with one attached hydrogen (secondary N) is 1. The molecule has 0 saturated carbocycles. The minimum Gasteiger partial charge on any atom is -0.301 e. The lowest BCUT2D eigenvalue weighted by Crippen LogP contribution is -2.13. The molecule has 1 amide bonds. The van der Waals surface area contributed by atoms with Crippen LogP contribution in [0.1, 0.15) is 0 Å². The molecule has 0 atom stereocenters. The molecule has 1 N–H and O–H groups in total. The lowest BCUT2D eigenvalue weighted by Gasteiger charge is -2.02. The molecule has 0 aliphatic carbocycles. The van der Waals surface area contributed by atoms with Crippen LogP contribution in [0, 0.1) is 0 Å². The lowest BCUT2D eigenvalue weighted by atomic mass is 10.3. The molecule has 2 aromatic carbocycles. The number of nitrogens with zero attached hydrogens (tertiary/aromatic N) is 2. The van der Waals surface area contributed by atoms with E-state index in [0.29, 0.717) is 15.9 Å². The van der Waals surface area contributed by atoms with E-state index < -0.39 is 0 Å². The molecule has 2 aromatic heterocycles. The number of benzene rings is 2. The minimum atomic E-state index is -0.0878. The molecule has 8 heteroatoms. The zero-order chi connectivity index (χ0) is 17.9. The van der Waals surface area contributed by atoms with E-state index >= 15 is 0 Å². The Kier molecular flexibility index (Phi) is 5.21. The molecule has 0 radical (unpaired) electrons.